The molecule has 1 atom stereocenters. The molecule has 1 nitrogen and oxygen atoms in total. The van der Waals surface area contributed by atoms with E-state index >= 15 is 0 Å². The average molecular weight is 304 g/mol. The molecule has 0 aliphatic carbocycles. The Balaban J connectivity index is 2.98. The fourth-order valence-corrected chi connectivity index (χ4v) is 2.71. The molecule has 0 aliphatic heterocycles. The van der Waals surface area contributed by atoms with E-state index in [4.69, 9.17) is 0 Å². The van der Waals surface area contributed by atoms with Crippen LogP contribution in [0.3, 0.4) is 0 Å². The number of rotatable bonds is 4. The van der Waals surface area contributed by atoms with Crippen molar-refractivity contribution in [2.24, 2.45) is 0 Å². The number of phenols is 1. The third-order valence-electron chi connectivity index (χ3n) is 2.63. The zero-order chi connectivity index (χ0) is 10.6. The highest BCUT2D eigenvalue weighted by Crippen LogP contribution is 2.27. The summed E-state index contributed by atoms with van der Waals surface area (Å²) in [6.07, 6.45) is 2.06. The topological polar surface area (TPSA) is 20.2 Å². The van der Waals surface area contributed by atoms with E-state index in [1.807, 2.05) is 12.1 Å². The van der Waals surface area contributed by atoms with E-state index in [2.05, 4.69) is 42.5 Å². The van der Waals surface area contributed by atoms with Gasteiger partial charge in [0.2, 0.25) is 0 Å². The Labute approximate surface area is 99.7 Å². The highest BCUT2D eigenvalue weighted by atomic mass is 127. The van der Waals surface area contributed by atoms with Crippen LogP contribution in [0.25, 0.3) is 0 Å². The molecule has 0 heterocycles. The minimum absolute atomic E-state index is 0.430. The Hall–Kier alpha value is -0.250. The van der Waals surface area contributed by atoms with Gasteiger partial charge in [-0.15, -0.1) is 0 Å². The van der Waals surface area contributed by atoms with Gasteiger partial charge in [-0.05, 0) is 36.0 Å². The van der Waals surface area contributed by atoms with Gasteiger partial charge in [-0.3, -0.25) is 0 Å². The number of aromatic hydroxyl groups is 1. The lowest BCUT2D eigenvalue weighted by Crippen LogP contribution is -1.99. The molecular formula is C12H17IO. The molecule has 2 heteroatoms. The number of alkyl halides is 1. The molecular weight excluding hydrogens is 287 g/mol. The molecule has 0 radical (unpaired) electrons. The SMILES string of the molecule is CCc1cc(C(CC)CI)ccc1O. The number of phenolic OH excluding ortho intramolecular Hbond substituents is 1. The highest BCUT2D eigenvalue weighted by Gasteiger charge is 2.09. The van der Waals surface area contributed by atoms with Crippen molar-refractivity contribution in [3.63, 3.8) is 0 Å². The Bertz CT molecular complexity index is 292. The quantitative estimate of drug-likeness (QED) is 0.661. The maximum Gasteiger partial charge on any atom is 0.118 e. The Morgan fingerprint density at radius 1 is 1.36 bits per heavy atom. The Kier molecular flexibility index (Phi) is 4.72. The van der Waals surface area contributed by atoms with Crippen molar-refractivity contribution in [3.8, 4) is 5.75 Å². The van der Waals surface area contributed by atoms with E-state index in [1.54, 1.807) is 0 Å². The molecule has 0 bridgehead atoms. The van der Waals surface area contributed by atoms with Crippen LogP contribution in [0.1, 0.15) is 37.3 Å². The maximum atomic E-state index is 9.56. The first-order valence-corrected chi connectivity index (χ1v) is 6.63. The molecule has 1 unspecified atom stereocenters. The van der Waals surface area contributed by atoms with Gasteiger partial charge in [0.15, 0.2) is 0 Å². The number of halogens is 1. The van der Waals surface area contributed by atoms with Gasteiger partial charge in [0, 0.05) is 4.43 Å². The van der Waals surface area contributed by atoms with Gasteiger partial charge in [0.1, 0.15) is 5.75 Å². The number of hydrogen-bond acceptors (Lipinski definition) is 1. The van der Waals surface area contributed by atoms with E-state index in [0.29, 0.717) is 11.7 Å². The third kappa shape index (κ3) is 2.62. The number of hydrogen-bond donors (Lipinski definition) is 1. The monoisotopic (exact) mass is 304 g/mol. The molecule has 0 spiro atoms. The molecule has 14 heavy (non-hydrogen) atoms. The van der Waals surface area contributed by atoms with E-state index in [0.717, 1.165) is 22.8 Å². The summed E-state index contributed by atoms with van der Waals surface area (Å²) >= 11 is 2.42. The standard InChI is InChI=1S/C12H17IO/c1-3-9-7-11(5-6-12(9)14)10(4-2)8-13/h5-7,10,14H,3-4,8H2,1-2H3. The first-order valence-electron chi connectivity index (χ1n) is 5.10. The lowest BCUT2D eigenvalue weighted by atomic mass is 9.96. The Morgan fingerprint density at radius 3 is 2.57 bits per heavy atom. The summed E-state index contributed by atoms with van der Waals surface area (Å²) in [4.78, 5) is 0. The van der Waals surface area contributed by atoms with Crippen LogP contribution in [0.2, 0.25) is 0 Å². The fourth-order valence-electron chi connectivity index (χ4n) is 1.58. The minimum atomic E-state index is 0.430. The largest absolute Gasteiger partial charge is 0.508 e. The predicted molar refractivity (Wildman–Crippen MR) is 69.4 cm³/mol. The molecule has 0 saturated heterocycles. The van der Waals surface area contributed by atoms with Crippen LogP contribution in [0.4, 0.5) is 0 Å². The summed E-state index contributed by atoms with van der Waals surface area (Å²) in [6, 6.07) is 6.01. The van der Waals surface area contributed by atoms with E-state index in [9.17, 15) is 5.11 Å². The molecule has 0 saturated carbocycles. The summed E-state index contributed by atoms with van der Waals surface area (Å²) < 4.78 is 1.14. The molecule has 1 N–H and O–H groups in total. The predicted octanol–water partition coefficient (Wildman–Crippen LogP) is 3.88. The molecule has 1 aromatic carbocycles. The van der Waals surface area contributed by atoms with Crippen molar-refractivity contribution in [3.05, 3.63) is 29.3 Å². The first-order chi connectivity index (χ1) is 6.72. The van der Waals surface area contributed by atoms with Crippen molar-refractivity contribution in [2.45, 2.75) is 32.6 Å². The second-order valence-electron chi connectivity index (χ2n) is 3.50. The third-order valence-corrected chi connectivity index (χ3v) is 3.70. The lowest BCUT2D eigenvalue weighted by molar-refractivity contribution is 0.468. The molecule has 0 aliphatic rings. The summed E-state index contributed by atoms with van der Waals surface area (Å²) in [5.41, 5.74) is 2.42. The van der Waals surface area contributed by atoms with Gasteiger partial charge >= 0.3 is 0 Å². The highest BCUT2D eigenvalue weighted by molar-refractivity contribution is 14.1. The van der Waals surface area contributed by atoms with Gasteiger partial charge in [0.25, 0.3) is 0 Å². The number of benzene rings is 1. The van der Waals surface area contributed by atoms with E-state index < -0.39 is 0 Å². The number of aryl methyl sites for hydroxylation is 1. The minimum Gasteiger partial charge on any atom is -0.508 e. The summed E-state index contributed by atoms with van der Waals surface area (Å²) in [6.45, 7) is 4.28. The van der Waals surface area contributed by atoms with Crippen LogP contribution >= 0.6 is 22.6 Å². The normalized spacial score (nSPS) is 12.8. The zero-order valence-corrected chi connectivity index (χ0v) is 10.9. The molecule has 1 aromatic rings. The average Bonchev–Trinajstić information content (AvgIpc) is 2.22. The summed E-state index contributed by atoms with van der Waals surface area (Å²) in [7, 11) is 0. The molecule has 0 fully saturated rings. The van der Waals surface area contributed by atoms with Crippen LogP contribution in [0.15, 0.2) is 18.2 Å². The van der Waals surface area contributed by atoms with Crippen molar-refractivity contribution in [1.29, 1.82) is 0 Å². The fraction of sp³-hybridized carbons (Fsp3) is 0.500. The zero-order valence-electron chi connectivity index (χ0n) is 8.76. The summed E-state index contributed by atoms with van der Waals surface area (Å²) in [5.74, 6) is 1.06. The van der Waals surface area contributed by atoms with E-state index in [-0.39, 0.29) is 0 Å². The van der Waals surface area contributed by atoms with Crippen LogP contribution in [0.5, 0.6) is 5.75 Å². The first kappa shape index (κ1) is 11.8. The molecule has 78 valence electrons. The second kappa shape index (κ2) is 5.59. The van der Waals surface area contributed by atoms with Crippen molar-refractivity contribution >= 4 is 22.6 Å². The van der Waals surface area contributed by atoms with Gasteiger partial charge < -0.3 is 5.11 Å². The molecule has 1 rings (SSSR count). The van der Waals surface area contributed by atoms with Gasteiger partial charge in [-0.1, -0.05) is 48.6 Å². The lowest BCUT2D eigenvalue weighted by Gasteiger charge is -2.13. The van der Waals surface area contributed by atoms with Crippen molar-refractivity contribution < 1.29 is 5.11 Å². The maximum absolute atomic E-state index is 9.56. The van der Waals surface area contributed by atoms with Crippen LogP contribution in [0, 0.1) is 0 Å². The molecule has 0 aromatic heterocycles. The second-order valence-corrected chi connectivity index (χ2v) is 4.38. The van der Waals surface area contributed by atoms with Gasteiger partial charge in [-0.2, -0.15) is 0 Å². The summed E-state index contributed by atoms with van der Waals surface area (Å²) in [5, 5.41) is 9.56. The van der Waals surface area contributed by atoms with Crippen LogP contribution < -0.4 is 0 Å². The Morgan fingerprint density at radius 2 is 2.07 bits per heavy atom. The van der Waals surface area contributed by atoms with Gasteiger partial charge in [-0.25, -0.2) is 0 Å². The van der Waals surface area contributed by atoms with E-state index in [1.165, 1.54) is 5.56 Å². The molecule has 0 amide bonds. The van der Waals surface area contributed by atoms with Crippen LogP contribution in [-0.4, -0.2) is 9.53 Å². The van der Waals surface area contributed by atoms with Crippen molar-refractivity contribution in [1.82, 2.24) is 0 Å². The van der Waals surface area contributed by atoms with Gasteiger partial charge in [0.05, 0.1) is 0 Å². The van der Waals surface area contributed by atoms with Crippen molar-refractivity contribution in [2.75, 3.05) is 4.43 Å². The van der Waals surface area contributed by atoms with Crippen LogP contribution in [-0.2, 0) is 6.42 Å². The smallest absolute Gasteiger partial charge is 0.118 e.